The third-order valence-electron chi connectivity index (χ3n) is 8.96. The molecule has 0 bridgehead atoms. The second kappa shape index (κ2) is 13.6. The van der Waals surface area contributed by atoms with E-state index < -0.39 is 42.8 Å². The Balaban J connectivity index is 1.43. The Bertz CT molecular complexity index is 959. The third-order valence-corrected chi connectivity index (χ3v) is 8.96. The van der Waals surface area contributed by atoms with Gasteiger partial charge in [0.15, 0.2) is 0 Å². The molecule has 0 amide bonds. The van der Waals surface area contributed by atoms with E-state index in [0.29, 0.717) is 24.7 Å². The average Bonchev–Trinajstić information content (AvgIpc) is 2.92. The Morgan fingerprint density at radius 2 is 1.29 bits per heavy atom. The predicted octanol–water partition coefficient (Wildman–Crippen LogP) is 10.2. The first-order valence-corrected chi connectivity index (χ1v) is 14.6. The number of unbranched alkanes of at least 4 members (excludes halogenated alkanes) is 2. The largest absolute Gasteiger partial charge is 0.460 e. The summed E-state index contributed by atoms with van der Waals surface area (Å²) < 4.78 is 123. The number of ether oxygens (including phenoxy) is 1. The number of carbonyl (C=O) groups is 1. The molecule has 0 spiro atoms. The Hall–Kier alpha value is -1.94. The number of benzene rings is 1. The number of hydrogen-bond donors (Lipinski definition) is 0. The highest BCUT2D eigenvalue weighted by Gasteiger charge is 2.81. The molecule has 2 aliphatic carbocycles. The fourth-order valence-corrected chi connectivity index (χ4v) is 6.25. The first-order valence-electron chi connectivity index (χ1n) is 14.6. The maximum atomic E-state index is 13.8. The van der Waals surface area contributed by atoms with Crippen LogP contribution in [0.5, 0.6) is 5.75 Å². The molecule has 0 atom stereocenters. The summed E-state index contributed by atoms with van der Waals surface area (Å²) in [7, 11) is 0. The SMILES string of the molecule is CCCCC[C@H]1CC[C@H]([C@H]2CC[C@H](C(=O)Oc3ccc(CCC(F)(F)C(F)(F)C(F)(F)C(F)(F)F)cc3)CC2)CC1. The van der Waals surface area contributed by atoms with Gasteiger partial charge in [0.2, 0.25) is 0 Å². The zero-order valence-corrected chi connectivity index (χ0v) is 23.2. The monoisotopic (exact) mass is 602 g/mol. The van der Waals surface area contributed by atoms with E-state index in [4.69, 9.17) is 4.74 Å². The quantitative estimate of drug-likeness (QED) is 0.103. The molecule has 0 aromatic heterocycles. The van der Waals surface area contributed by atoms with Crippen molar-refractivity contribution in [3.63, 3.8) is 0 Å². The van der Waals surface area contributed by atoms with Gasteiger partial charge >= 0.3 is 29.9 Å². The lowest BCUT2D eigenvalue weighted by Crippen LogP contribution is -2.60. The van der Waals surface area contributed by atoms with Crippen LogP contribution in [0.3, 0.4) is 0 Å². The standard InChI is InChI=1S/C30H39F9O2/c1-2-3-4-5-20-6-10-22(11-7-20)23-12-14-24(15-13-23)26(40)41-25-16-8-21(9-17-25)18-19-27(31,32)28(33,34)29(35,36)30(37,38)39/h8-9,16-17,20,22-24H,2-7,10-15,18-19H2,1H3/t20-,22-,23-,24-. The van der Waals surface area contributed by atoms with Crippen LogP contribution in [-0.2, 0) is 11.2 Å². The van der Waals surface area contributed by atoms with E-state index in [1.54, 1.807) is 0 Å². The molecule has 0 radical (unpaired) electrons. The molecule has 2 nitrogen and oxygen atoms in total. The fraction of sp³-hybridized carbons (Fsp3) is 0.767. The number of alkyl halides is 9. The van der Waals surface area contributed by atoms with Crippen LogP contribution in [0.25, 0.3) is 0 Å². The summed E-state index contributed by atoms with van der Waals surface area (Å²) in [5, 5.41) is 0. The van der Waals surface area contributed by atoms with Crippen LogP contribution in [0, 0.1) is 23.7 Å². The lowest BCUT2D eigenvalue weighted by atomic mass is 9.68. The number of rotatable bonds is 12. The van der Waals surface area contributed by atoms with Crippen LogP contribution in [-0.4, -0.2) is 29.9 Å². The van der Waals surface area contributed by atoms with Crippen LogP contribution in [0.4, 0.5) is 39.5 Å². The molecule has 3 rings (SSSR count). The third kappa shape index (κ3) is 8.12. The number of aryl methyl sites for hydroxylation is 1. The molecule has 2 aliphatic rings. The maximum absolute atomic E-state index is 13.8. The van der Waals surface area contributed by atoms with Gasteiger partial charge in [-0.05, 0) is 80.4 Å². The molecule has 0 aliphatic heterocycles. The van der Waals surface area contributed by atoms with E-state index in [0.717, 1.165) is 18.8 Å². The van der Waals surface area contributed by atoms with Crippen LogP contribution in [0.15, 0.2) is 24.3 Å². The predicted molar refractivity (Wildman–Crippen MR) is 136 cm³/mol. The number of halogens is 9. The Morgan fingerprint density at radius 1 is 0.756 bits per heavy atom. The van der Waals surface area contributed by atoms with Gasteiger partial charge in [0.05, 0.1) is 5.92 Å². The minimum absolute atomic E-state index is 0.0174. The van der Waals surface area contributed by atoms with Gasteiger partial charge in [-0.3, -0.25) is 4.79 Å². The molecule has 234 valence electrons. The first-order chi connectivity index (χ1) is 19.1. The highest BCUT2D eigenvalue weighted by atomic mass is 19.4. The second-order valence-corrected chi connectivity index (χ2v) is 11.8. The Morgan fingerprint density at radius 3 is 1.80 bits per heavy atom. The van der Waals surface area contributed by atoms with Crippen molar-refractivity contribution < 1.29 is 49.0 Å². The molecule has 0 heterocycles. The van der Waals surface area contributed by atoms with Gasteiger partial charge in [-0.1, -0.05) is 57.6 Å². The van der Waals surface area contributed by atoms with E-state index in [1.807, 2.05) is 0 Å². The highest BCUT2D eigenvalue weighted by molar-refractivity contribution is 5.75. The zero-order valence-electron chi connectivity index (χ0n) is 23.2. The number of carbonyl (C=O) groups excluding carboxylic acids is 1. The van der Waals surface area contributed by atoms with E-state index in [-0.39, 0.29) is 17.2 Å². The fourth-order valence-electron chi connectivity index (χ4n) is 6.25. The van der Waals surface area contributed by atoms with Gasteiger partial charge in [-0.15, -0.1) is 0 Å². The number of esters is 1. The van der Waals surface area contributed by atoms with Crippen LogP contribution < -0.4 is 4.74 Å². The normalized spacial score (nSPS) is 24.7. The molecule has 0 N–H and O–H groups in total. The van der Waals surface area contributed by atoms with Crippen molar-refractivity contribution in [1.82, 2.24) is 0 Å². The maximum Gasteiger partial charge on any atom is 0.460 e. The minimum atomic E-state index is -6.89. The summed E-state index contributed by atoms with van der Waals surface area (Å²) in [5.41, 5.74) is -0.0174. The summed E-state index contributed by atoms with van der Waals surface area (Å²) in [6.07, 6.45) is 3.89. The van der Waals surface area contributed by atoms with Crippen molar-refractivity contribution in [3.8, 4) is 5.75 Å². The van der Waals surface area contributed by atoms with E-state index in [1.165, 1.54) is 75.6 Å². The summed E-state index contributed by atoms with van der Waals surface area (Å²) in [6.45, 7) is 2.21. The summed E-state index contributed by atoms with van der Waals surface area (Å²) >= 11 is 0. The molecule has 0 unspecified atom stereocenters. The van der Waals surface area contributed by atoms with Gasteiger partial charge < -0.3 is 4.74 Å². The van der Waals surface area contributed by atoms with Crippen molar-refractivity contribution in [3.05, 3.63) is 29.8 Å². The summed E-state index contributed by atoms with van der Waals surface area (Å²) in [4.78, 5) is 12.7. The van der Waals surface area contributed by atoms with Crippen molar-refractivity contribution in [2.75, 3.05) is 0 Å². The Labute approximate surface area is 235 Å². The molecule has 0 saturated heterocycles. The first kappa shape index (κ1) is 33.6. The molecule has 1 aromatic rings. The second-order valence-electron chi connectivity index (χ2n) is 11.8. The molecule has 41 heavy (non-hydrogen) atoms. The molecule has 1 aromatic carbocycles. The van der Waals surface area contributed by atoms with Crippen molar-refractivity contribution in [2.45, 2.75) is 121 Å². The Kier molecular flexibility index (Phi) is 11.1. The number of hydrogen-bond acceptors (Lipinski definition) is 2. The molecular formula is C30H39F9O2. The van der Waals surface area contributed by atoms with E-state index in [2.05, 4.69) is 6.92 Å². The summed E-state index contributed by atoms with van der Waals surface area (Å²) in [6, 6.07) is 4.85. The van der Waals surface area contributed by atoms with Gasteiger partial charge in [-0.2, -0.15) is 39.5 Å². The topological polar surface area (TPSA) is 26.3 Å². The van der Waals surface area contributed by atoms with Crippen molar-refractivity contribution in [2.24, 2.45) is 23.7 Å². The van der Waals surface area contributed by atoms with Crippen molar-refractivity contribution in [1.29, 1.82) is 0 Å². The highest BCUT2D eigenvalue weighted by Crippen LogP contribution is 2.54. The van der Waals surface area contributed by atoms with Crippen LogP contribution in [0.1, 0.15) is 96.0 Å². The van der Waals surface area contributed by atoms with Gasteiger partial charge in [0, 0.05) is 6.42 Å². The van der Waals surface area contributed by atoms with Crippen LogP contribution >= 0.6 is 0 Å². The van der Waals surface area contributed by atoms with Gasteiger partial charge in [0.25, 0.3) is 0 Å². The van der Waals surface area contributed by atoms with E-state index >= 15 is 0 Å². The molecule has 11 heteroatoms. The lowest BCUT2D eigenvalue weighted by Gasteiger charge is -2.37. The van der Waals surface area contributed by atoms with Gasteiger partial charge in [-0.25, -0.2) is 0 Å². The zero-order chi connectivity index (χ0) is 30.5. The molecular weight excluding hydrogens is 563 g/mol. The minimum Gasteiger partial charge on any atom is -0.426 e. The van der Waals surface area contributed by atoms with Gasteiger partial charge in [0.1, 0.15) is 5.75 Å². The van der Waals surface area contributed by atoms with Crippen molar-refractivity contribution >= 4 is 5.97 Å². The lowest BCUT2D eigenvalue weighted by molar-refractivity contribution is -0.396. The smallest absolute Gasteiger partial charge is 0.426 e. The molecule has 2 saturated carbocycles. The van der Waals surface area contributed by atoms with Crippen LogP contribution in [0.2, 0.25) is 0 Å². The van der Waals surface area contributed by atoms with E-state index in [9.17, 15) is 44.3 Å². The molecule has 2 fully saturated rings. The average molecular weight is 603 g/mol. The summed E-state index contributed by atoms with van der Waals surface area (Å²) in [5.74, 6) is -17.6.